The Morgan fingerprint density at radius 2 is 2.40 bits per heavy atom. The Morgan fingerprint density at radius 1 is 1.67 bits per heavy atom. The van der Waals surface area contributed by atoms with Crippen LogP contribution in [0.5, 0.6) is 0 Å². The van der Waals surface area contributed by atoms with Crippen LogP contribution in [-0.2, 0) is 0 Å². The van der Waals surface area contributed by atoms with E-state index in [0.29, 0.717) is 30.1 Å². The van der Waals surface area contributed by atoms with Crippen molar-refractivity contribution in [3.05, 3.63) is 10.6 Å². The van der Waals surface area contributed by atoms with Crippen molar-refractivity contribution in [2.75, 3.05) is 13.1 Å². The van der Waals surface area contributed by atoms with Crippen LogP contribution in [0.4, 0.5) is 0 Å². The molecule has 1 aromatic rings. The summed E-state index contributed by atoms with van der Waals surface area (Å²) in [5.74, 6) is -0.0692. The van der Waals surface area contributed by atoms with Crippen LogP contribution in [0.2, 0.25) is 0 Å². The molecule has 0 aromatic carbocycles. The van der Waals surface area contributed by atoms with Crippen LogP contribution in [0.25, 0.3) is 0 Å². The Morgan fingerprint density at radius 3 is 2.87 bits per heavy atom. The highest BCUT2D eigenvalue weighted by molar-refractivity contribution is 7.07. The fraction of sp³-hybridized carbons (Fsp3) is 0.667. The molecule has 1 aromatic heterocycles. The summed E-state index contributed by atoms with van der Waals surface area (Å²) in [5.41, 5.74) is -0.0849. The minimum Gasteiger partial charge on any atom is -0.388 e. The molecule has 6 heteroatoms. The molecular weight excluding hydrogens is 214 g/mol. The van der Waals surface area contributed by atoms with Gasteiger partial charge in [0.2, 0.25) is 0 Å². The Balaban J connectivity index is 2.14. The monoisotopic (exact) mass is 227 g/mol. The van der Waals surface area contributed by atoms with E-state index in [1.165, 1.54) is 0 Å². The zero-order valence-electron chi connectivity index (χ0n) is 8.73. The van der Waals surface area contributed by atoms with Crippen LogP contribution in [-0.4, -0.2) is 44.2 Å². The van der Waals surface area contributed by atoms with Gasteiger partial charge in [-0.2, -0.15) is 0 Å². The zero-order valence-corrected chi connectivity index (χ0v) is 9.54. The second-order valence-electron chi connectivity index (χ2n) is 4.16. The number of amides is 1. The standard InChI is InChI=1S/C9H13N3O2S/c1-6-7(15-11-10-6)8(13)12-4-3-9(2,14)5-12/h14H,3-5H2,1-2H3. The maximum Gasteiger partial charge on any atom is 0.267 e. The summed E-state index contributed by atoms with van der Waals surface area (Å²) in [7, 11) is 0. The van der Waals surface area contributed by atoms with Crippen molar-refractivity contribution in [2.45, 2.75) is 25.9 Å². The van der Waals surface area contributed by atoms with Gasteiger partial charge < -0.3 is 10.0 Å². The number of aryl methyl sites for hydroxylation is 1. The predicted molar refractivity (Wildman–Crippen MR) is 55.8 cm³/mol. The zero-order chi connectivity index (χ0) is 11.1. The number of carbonyl (C=O) groups is 1. The minimum atomic E-state index is -0.748. The molecule has 5 nitrogen and oxygen atoms in total. The quantitative estimate of drug-likeness (QED) is 0.756. The van der Waals surface area contributed by atoms with Gasteiger partial charge >= 0.3 is 0 Å². The number of aromatic nitrogens is 2. The van der Waals surface area contributed by atoms with E-state index in [1.54, 1.807) is 18.7 Å². The molecular formula is C9H13N3O2S. The van der Waals surface area contributed by atoms with E-state index < -0.39 is 5.60 Å². The normalized spacial score (nSPS) is 25.9. The van der Waals surface area contributed by atoms with Crippen molar-refractivity contribution in [2.24, 2.45) is 0 Å². The molecule has 0 bridgehead atoms. The Hall–Kier alpha value is -1.01. The van der Waals surface area contributed by atoms with E-state index >= 15 is 0 Å². The van der Waals surface area contributed by atoms with Crippen LogP contribution in [0.1, 0.15) is 28.7 Å². The molecule has 82 valence electrons. The third-order valence-electron chi connectivity index (χ3n) is 2.58. The van der Waals surface area contributed by atoms with E-state index in [0.717, 1.165) is 11.5 Å². The van der Waals surface area contributed by atoms with Crippen LogP contribution in [0.15, 0.2) is 0 Å². The molecule has 1 amide bonds. The van der Waals surface area contributed by atoms with Gasteiger partial charge in [-0.05, 0) is 31.8 Å². The summed E-state index contributed by atoms with van der Waals surface area (Å²) in [6.07, 6.45) is 0.629. The van der Waals surface area contributed by atoms with Crippen molar-refractivity contribution in [1.82, 2.24) is 14.5 Å². The topological polar surface area (TPSA) is 66.3 Å². The number of β-amino-alcohol motifs (C(OH)–C–C–N with tert-alkyl or cyclic N) is 1. The first-order valence-electron chi connectivity index (χ1n) is 4.80. The third kappa shape index (κ3) is 2.00. The van der Waals surface area contributed by atoms with Crippen LogP contribution in [0, 0.1) is 6.92 Å². The number of aliphatic hydroxyl groups is 1. The van der Waals surface area contributed by atoms with Crippen molar-refractivity contribution in [3.63, 3.8) is 0 Å². The average Bonchev–Trinajstić information content (AvgIpc) is 2.71. The first-order chi connectivity index (χ1) is 6.99. The Kier molecular flexibility index (Phi) is 2.47. The molecule has 0 radical (unpaired) electrons. The largest absolute Gasteiger partial charge is 0.388 e. The van der Waals surface area contributed by atoms with Crippen LogP contribution < -0.4 is 0 Å². The number of nitrogens with zero attached hydrogens (tertiary/aromatic N) is 3. The first kappa shape index (κ1) is 10.5. The second kappa shape index (κ2) is 3.53. The molecule has 1 N–H and O–H groups in total. The van der Waals surface area contributed by atoms with E-state index in [1.807, 2.05) is 0 Å². The van der Waals surface area contributed by atoms with Crippen molar-refractivity contribution in [3.8, 4) is 0 Å². The van der Waals surface area contributed by atoms with E-state index in [4.69, 9.17) is 0 Å². The van der Waals surface area contributed by atoms with E-state index in [9.17, 15) is 9.90 Å². The molecule has 0 spiro atoms. The summed E-state index contributed by atoms with van der Waals surface area (Å²) in [6.45, 7) is 4.51. The van der Waals surface area contributed by atoms with Gasteiger partial charge in [0.1, 0.15) is 4.88 Å². The highest BCUT2D eigenvalue weighted by atomic mass is 32.1. The van der Waals surface area contributed by atoms with Gasteiger partial charge in [-0.1, -0.05) is 4.49 Å². The first-order valence-corrected chi connectivity index (χ1v) is 5.57. The SMILES string of the molecule is Cc1nnsc1C(=O)N1CCC(C)(O)C1. The number of hydrogen-bond donors (Lipinski definition) is 1. The highest BCUT2D eigenvalue weighted by Gasteiger charge is 2.35. The Labute approximate surface area is 91.9 Å². The van der Waals surface area contributed by atoms with Crippen LogP contribution in [0.3, 0.4) is 0 Å². The minimum absolute atomic E-state index is 0.0692. The molecule has 0 aliphatic carbocycles. The molecule has 2 rings (SSSR count). The van der Waals surface area contributed by atoms with E-state index in [-0.39, 0.29) is 5.91 Å². The number of carbonyl (C=O) groups excluding carboxylic acids is 1. The lowest BCUT2D eigenvalue weighted by molar-refractivity contribution is 0.0574. The maximum absolute atomic E-state index is 12.0. The lowest BCUT2D eigenvalue weighted by Gasteiger charge is -2.18. The average molecular weight is 227 g/mol. The molecule has 1 aliphatic rings. The van der Waals surface area contributed by atoms with Crippen molar-refractivity contribution >= 4 is 17.4 Å². The maximum atomic E-state index is 12.0. The Bertz CT molecular complexity index is 388. The van der Waals surface area contributed by atoms with Gasteiger partial charge in [-0.25, -0.2) is 0 Å². The predicted octanol–water partition coefficient (Wildman–Crippen LogP) is 0.443. The van der Waals surface area contributed by atoms with Gasteiger partial charge in [-0.15, -0.1) is 5.10 Å². The van der Waals surface area contributed by atoms with Gasteiger partial charge in [0.15, 0.2) is 0 Å². The smallest absolute Gasteiger partial charge is 0.267 e. The van der Waals surface area contributed by atoms with Crippen molar-refractivity contribution < 1.29 is 9.90 Å². The van der Waals surface area contributed by atoms with Gasteiger partial charge in [0.05, 0.1) is 11.3 Å². The summed E-state index contributed by atoms with van der Waals surface area (Å²) >= 11 is 1.11. The molecule has 1 aliphatic heterocycles. The molecule has 1 atom stereocenters. The lowest BCUT2D eigenvalue weighted by Crippen LogP contribution is -2.33. The van der Waals surface area contributed by atoms with Gasteiger partial charge in [-0.3, -0.25) is 4.79 Å². The van der Waals surface area contributed by atoms with Crippen molar-refractivity contribution in [1.29, 1.82) is 0 Å². The summed E-state index contributed by atoms with van der Waals surface area (Å²) in [5, 5.41) is 13.6. The third-order valence-corrected chi connectivity index (χ3v) is 3.40. The molecule has 15 heavy (non-hydrogen) atoms. The highest BCUT2D eigenvalue weighted by Crippen LogP contribution is 2.23. The molecule has 1 saturated heterocycles. The summed E-state index contributed by atoms with van der Waals surface area (Å²) in [6, 6.07) is 0. The fourth-order valence-corrected chi connectivity index (χ4v) is 2.31. The second-order valence-corrected chi connectivity index (χ2v) is 4.92. The number of rotatable bonds is 1. The molecule has 0 saturated carbocycles. The van der Waals surface area contributed by atoms with Crippen LogP contribution >= 0.6 is 11.5 Å². The lowest BCUT2D eigenvalue weighted by atomic mass is 10.1. The summed E-state index contributed by atoms with van der Waals surface area (Å²) in [4.78, 5) is 14.2. The molecule has 2 heterocycles. The van der Waals surface area contributed by atoms with Gasteiger partial charge in [0.25, 0.3) is 5.91 Å². The molecule has 1 fully saturated rings. The number of likely N-dealkylation sites (tertiary alicyclic amines) is 1. The summed E-state index contributed by atoms with van der Waals surface area (Å²) < 4.78 is 3.73. The van der Waals surface area contributed by atoms with E-state index in [2.05, 4.69) is 9.59 Å². The van der Waals surface area contributed by atoms with Gasteiger partial charge in [0, 0.05) is 13.1 Å². The number of hydrogen-bond acceptors (Lipinski definition) is 5. The fourth-order valence-electron chi connectivity index (χ4n) is 1.69. The molecule has 1 unspecified atom stereocenters.